The van der Waals surface area contributed by atoms with Crippen LogP contribution in [0.25, 0.3) is 0 Å². The van der Waals surface area contributed by atoms with Crippen molar-refractivity contribution in [3.63, 3.8) is 0 Å². The van der Waals surface area contributed by atoms with Gasteiger partial charge in [0.05, 0.1) is 0 Å². The van der Waals surface area contributed by atoms with Crippen LogP contribution in [0.3, 0.4) is 0 Å². The molecule has 14 heavy (non-hydrogen) atoms. The molecule has 1 aromatic carbocycles. The predicted molar refractivity (Wildman–Crippen MR) is 60.6 cm³/mol. The van der Waals surface area contributed by atoms with Crippen LogP contribution in [-0.2, 0) is 6.54 Å². The summed E-state index contributed by atoms with van der Waals surface area (Å²) in [5, 5.41) is 3.04. The van der Waals surface area contributed by atoms with Crippen molar-refractivity contribution in [1.82, 2.24) is 5.32 Å². The van der Waals surface area contributed by atoms with Gasteiger partial charge in [0.25, 0.3) is 0 Å². The lowest BCUT2D eigenvalue weighted by molar-refractivity contribution is 0.101. The van der Waals surface area contributed by atoms with E-state index in [1.54, 1.807) is 6.92 Å². The van der Waals surface area contributed by atoms with Gasteiger partial charge in [-0.2, -0.15) is 0 Å². The summed E-state index contributed by atoms with van der Waals surface area (Å²) in [6.07, 6.45) is 0. The molecule has 1 rings (SSSR count). The minimum Gasteiger partial charge on any atom is -0.316 e. The SMILES string of the molecule is CC.CNCc1cccc(C(C)=O)c1. The number of Topliss-reactive ketones (excluding diaryl/α,β-unsaturated/α-hetero) is 1. The van der Waals surface area contributed by atoms with E-state index in [2.05, 4.69) is 5.32 Å². The Labute approximate surface area is 86.3 Å². The van der Waals surface area contributed by atoms with E-state index in [9.17, 15) is 4.79 Å². The zero-order valence-electron chi connectivity index (χ0n) is 9.42. The fourth-order valence-corrected chi connectivity index (χ4v) is 1.10. The molecule has 0 aliphatic carbocycles. The van der Waals surface area contributed by atoms with Gasteiger partial charge >= 0.3 is 0 Å². The summed E-state index contributed by atoms with van der Waals surface area (Å²) in [4.78, 5) is 11.0. The van der Waals surface area contributed by atoms with E-state index in [-0.39, 0.29) is 5.78 Å². The van der Waals surface area contributed by atoms with Gasteiger partial charge in [-0.15, -0.1) is 0 Å². The molecule has 0 amide bonds. The summed E-state index contributed by atoms with van der Waals surface area (Å²) in [5.41, 5.74) is 1.92. The highest BCUT2D eigenvalue weighted by Crippen LogP contribution is 2.05. The van der Waals surface area contributed by atoms with Crippen molar-refractivity contribution in [2.75, 3.05) is 7.05 Å². The molecule has 0 aliphatic rings. The topological polar surface area (TPSA) is 29.1 Å². The average molecular weight is 193 g/mol. The number of hydrogen-bond donors (Lipinski definition) is 1. The first-order valence-corrected chi connectivity index (χ1v) is 4.98. The fourth-order valence-electron chi connectivity index (χ4n) is 1.10. The van der Waals surface area contributed by atoms with E-state index in [1.165, 1.54) is 0 Å². The average Bonchev–Trinajstić information content (AvgIpc) is 2.22. The highest BCUT2D eigenvalue weighted by molar-refractivity contribution is 5.94. The smallest absolute Gasteiger partial charge is 0.159 e. The van der Waals surface area contributed by atoms with Crippen LogP contribution >= 0.6 is 0 Å². The van der Waals surface area contributed by atoms with Crippen LogP contribution in [0.5, 0.6) is 0 Å². The van der Waals surface area contributed by atoms with Crippen LogP contribution in [0.4, 0.5) is 0 Å². The maximum absolute atomic E-state index is 11.0. The van der Waals surface area contributed by atoms with Crippen LogP contribution in [0, 0.1) is 0 Å². The number of benzene rings is 1. The van der Waals surface area contributed by atoms with Crippen molar-refractivity contribution in [1.29, 1.82) is 0 Å². The lowest BCUT2D eigenvalue weighted by Gasteiger charge is -2.01. The predicted octanol–water partition coefficient (Wildman–Crippen LogP) is 2.63. The molecule has 2 nitrogen and oxygen atoms in total. The molecule has 1 N–H and O–H groups in total. The second-order valence-corrected chi connectivity index (χ2v) is 2.79. The quantitative estimate of drug-likeness (QED) is 0.748. The number of ketones is 1. The highest BCUT2D eigenvalue weighted by Gasteiger charge is 1.98. The van der Waals surface area contributed by atoms with Gasteiger partial charge < -0.3 is 5.32 Å². The molecule has 0 saturated carbocycles. The molecule has 1 aromatic rings. The second-order valence-electron chi connectivity index (χ2n) is 2.79. The standard InChI is InChI=1S/C10H13NO.C2H6/c1-8(12)10-5-3-4-9(6-10)7-11-2;1-2/h3-6,11H,7H2,1-2H3;1-2H3. The highest BCUT2D eigenvalue weighted by atomic mass is 16.1. The number of carbonyl (C=O) groups excluding carboxylic acids is 1. The van der Waals surface area contributed by atoms with Gasteiger partial charge in [-0.1, -0.05) is 32.0 Å². The lowest BCUT2D eigenvalue weighted by Crippen LogP contribution is -2.05. The van der Waals surface area contributed by atoms with E-state index >= 15 is 0 Å². The molecule has 0 unspecified atom stereocenters. The van der Waals surface area contributed by atoms with Gasteiger partial charge in [0, 0.05) is 12.1 Å². The minimum atomic E-state index is 0.118. The first kappa shape index (κ1) is 12.8. The summed E-state index contributed by atoms with van der Waals surface area (Å²) in [6, 6.07) is 7.66. The monoisotopic (exact) mass is 193 g/mol. The Morgan fingerprint density at radius 3 is 2.50 bits per heavy atom. The van der Waals surface area contributed by atoms with E-state index < -0.39 is 0 Å². The summed E-state index contributed by atoms with van der Waals surface area (Å²) in [7, 11) is 1.89. The van der Waals surface area contributed by atoms with E-state index in [0.29, 0.717) is 0 Å². The second kappa shape index (κ2) is 7.27. The largest absolute Gasteiger partial charge is 0.316 e. The van der Waals surface area contributed by atoms with Crippen molar-refractivity contribution in [3.05, 3.63) is 35.4 Å². The molecule has 0 aliphatic heterocycles. The van der Waals surface area contributed by atoms with Crippen molar-refractivity contribution in [3.8, 4) is 0 Å². The molecule has 0 spiro atoms. The van der Waals surface area contributed by atoms with Gasteiger partial charge in [0.1, 0.15) is 0 Å². The van der Waals surface area contributed by atoms with Crippen molar-refractivity contribution < 1.29 is 4.79 Å². The van der Waals surface area contributed by atoms with Crippen LogP contribution in [0.1, 0.15) is 36.7 Å². The first-order valence-electron chi connectivity index (χ1n) is 4.98. The third-order valence-electron chi connectivity index (χ3n) is 1.71. The Bertz CT molecular complexity index is 281. The molecule has 0 radical (unpaired) electrons. The first-order chi connectivity index (χ1) is 6.74. The molecular weight excluding hydrogens is 174 g/mol. The molecule has 0 aromatic heterocycles. The number of rotatable bonds is 3. The molecule has 0 fully saturated rings. The number of hydrogen-bond acceptors (Lipinski definition) is 2. The van der Waals surface area contributed by atoms with Crippen molar-refractivity contribution >= 4 is 5.78 Å². The summed E-state index contributed by atoms with van der Waals surface area (Å²) >= 11 is 0. The van der Waals surface area contributed by atoms with Crippen LogP contribution in [-0.4, -0.2) is 12.8 Å². The Morgan fingerprint density at radius 1 is 1.36 bits per heavy atom. The van der Waals surface area contributed by atoms with Crippen molar-refractivity contribution in [2.24, 2.45) is 0 Å². The molecule has 2 heteroatoms. The normalized spacial score (nSPS) is 8.86. The molecule has 0 heterocycles. The summed E-state index contributed by atoms with van der Waals surface area (Å²) < 4.78 is 0. The molecule has 0 saturated heterocycles. The van der Waals surface area contributed by atoms with Gasteiger partial charge in [-0.25, -0.2) is 0 Å². The Morgan fingerprint density at radius 2 is 2.00 bits per heavy atom. The maximum atomic E-state index is 11.0. The lowest BCUT2D eigenvalue weighted by atomic mass is 10.1. The molecule has 0 atom stereocenters. The Hall–Kier alpha value is -1.15. The number of nitrogens with one attached hydrogen (secondary N) is 1. The zero-order chi connectivity index (χ0) is 11.0. The van der Waals surface area contributed by atoms with Gasteiger partial charge in [0.2, 0.25) is 0 Å². The van der Waals surface area contributed by atoms with Crippen molar-refractivity contribution in [2.45, 2.75) is 27.3 Å². The third-order valence-corrected chi connectivity index (χ3v) is 1.71. The van der Waals surface area contributed by atoms with Gasteiger partial charge in [-0.05, 0) is 25.6 Å². The van der Waals surface area contributed by atoms with Crippen LogP contribution in [0.15, 0.2) is 24.3 Å². The minimum absolute atomic E-state index is 0.118. The van der Waals surface area contributed by atoms with E-state index in [4.69, 9.17) is 0 Å². The van der Waals surface area contributed by atoms with E-state index in [0.717, 1.165) is 17.7 Å². The van der Waals surface area contributed by atoms with Crippen LogP contribution in [0.2, 0.25) is 0 Å². The summed E-state index contributed by atoms with van der Waals surface area (Å²) in [6.45, 7) is 6.39. The zero-order valence-corrected chi connectivity index (χ0v) is 9.42. The molecule has 0 bridgehead atoms. The fraction of sp³-hybridized carbons (Fsp3) is 0.417. The van der Waals surface area contributed by atoms with Gasteiger partial charge in [-0.3, -0.25) is 4.79 Å². The molecular formula is C12H19NO. The number of carbonyl (C=O) groups is 1. The van der Waals surface area contributed by atoms with Crippen LogP contribution < -0.4 is 5.32 Å². The Kier molecular flexibility index (Phi) is 6.68. The molecule has 78 valence electrons. The van der Waals surface area contributed by atoms with Gasteiger partial charge in [0.15, 0.2) is 5.78 Å². The Balaban J connectivity index is 0.000000791. The maximum Gasteiger partial charge on any atom is 0.159 e. The third kappa shape index (κ3) is 4.19. The van der Waals surface area contributed by atoms with E-state index in [1.807, 2.05) is 45.2 Å². The summed E-state index contributed by atoms with van der Waals surface area (Å²) in [5.74, 6) is 0.118.